The Morgan fingerprint density at radius 2 is 2.03 bits per heavy atom. The van der Waals surface area contributed by atoms with E-state index in [2.05, 4.69) is 11.0 Å². The maximum atomic E-state index is 13.4. The summed E-state index contributed by atoms with van der Waals surface area (Å²) in [6.07, 6.45) is 1.65. The van der Waals surface area contributed by atoms with Gasteiger partial charge in [0.05, 0.1) is 24.9 Å². The number of fused-ring (bicyclic) bond motifs is 2. The minimum Gasteiger partial charge on any atom is -0.494 e. The summed E-state index contributed by atoms with van der Waals surface area (Å²) in [6, 6.07) is 18.5. The third kappa shape index (κ3) is 4.48. The van der Waals surface area contributed by atoms with Gasteiger partial charge in [-0.25, -0.2) is 9.37 Å². The second-order valence-corrected chi connectivity index (χ2v) is 8.46. The lowest BCUT2D eigenvalue weighted by atomic mass is 10.1. The lowest BCUT2D eigenvalue weighted by Gasteiger charge is -2.31. The van der Waals surface area contributed by atoms with Gasteiger partial charge in [-0.3, -0.25) is 4.99 Å². The van der Waals surface area contributed by atoms with Gasteiger partial charge in [0.1, 0.15) is 22.4 Å². The van der Waals surface area contributed by atoms with E-state index in [1.165, 1.54) is 12.1 Å². The van der Waals surface area contributed by atoms with Crippen LogP contribution in [0.1, 0.15) is 23.8 Å². The first-order valence-electron chi connectivity index (χ1n) is 10.5. The van der Waals surface area contributed by atoms with E-state index in [-0.39, 0.29) is 5.82 Å². The average Bonchev–Trinajstić information content (AvgIpc) is 3.32. The summed E-state index contributed by atoms with van der Waals surface area (Å²) in [5, 5.41) is 2.87. The van der Waals surface area contributed by atoms with Gasteiger partial charge in [-0.15, -0.1) is 0 Å². The van der Waals surface area contributed by atoms with Crippen molar-refractivity contribution in [3.05, 3.63) is 89.6 Å². The molecule has 0 N–H and O–H groups in total. The Labute approximate surface area is 189 Å². The van der Waals surface area contributed by atoms with E-state index in [4.69, 9.17) is 19.1 Å². The number of hydrogen-bond acceptors (Lipinski definition) is 5. The quantitative estimate of drug-likeness (QED) is 0.361. The molecule has 2 aromatic carbocycles. The molecule has 0 saturated carbocycles. The number of nitrogens with zero attached hydrogens (tertiary/aromatic N) is 3. The molecule has 0 saturated heterocycles. The number of aliphatic imine (C=N–C) groups is 1. The Morgan fingerprint density at radius 3 is 2.81 bits per heavy atom. The Bertz CT molecular complexity index is 1260. The topological polar surface area (TPSA) is 50.9 Å². The van der Waals surface area contributed by atoms with Crippen LogP contribution in [0, 0.1) is 5.82 Å². The molecule has 0 radical (unpaired) electrons. The number of halogens is 1. The van der Waals surface area contributed by atoms with E-state index in [0.717, 1.165) is 43.7 Å². The highest BCUT2D eigenvalue weighted by molar-refractivity contribution is 8.13. The van der Waals surface area contributed by atoms with E-state index < -0.39 is 0 Å². The Morgan fingerprint density at radius 1 is 1.16 bits per heavy atom. The summed E-state index contributed by atoms with van der Waals surface area (Å²) >= 11 is 1.56. The smallest absolute Gasteiger partial charge is 0.166 e. The summed E-state index contributed by atoms with van der Waals surface area (Å²) in [5.41, 5.74) is 3.08. The second-order valence-electron chi connectivity index (χ2n) is 7.50. The first-order valence-corrected chi connectivity index (χ1v) is 11.3. The maximum Gasteiger partial charge on any atom is 0.166 e. The zero-order valence-corrected chi connectivity index (χ0v) is 18.4. The number of rotatable bonds is 6. The van der Waals surface area contributed by atoms with Crippen molar-refractivity contribution in [1.29, 1.82) is 0 Å². The van der Waals surface area contributed by atoms with Crippen LogP contribution in [0.15, 0.2) is 81.4 Å². The summed E-state index contributed by atoms with van der Waals surface area (Å²) < 4.78 is 24.5. The number of pyridine rings is 1. The number of aromatic nitrogens is 1. The monoisotopic (exact) mass is 447 g/mol. The van der Waals surface area contributed by atoms with Gasteiger partial charge in [0.25, 0.3) is 0 Å². The highest BCUT2D eigenvalue weighted by Gasteiger charge is 2.24. The van der Waals surface area contributed by atoms with Crippen molar-refractivity contribution in [2.75, 3.05) is 6.61 Å². The molecule has 5 nitrogen and oxygen atoms in total. The van der Waals surface area contributed by atoms with Gasteiger partial charge < -0.3 is 14.1 Å². The fourth-order valence-corrected chi connectivity index (χ4v) is 4.64. The molecular weight excluding hydrogens is 425 g/mol. The van der Waals surface area contributed by atoms with E-state index in [9.17, 15) is 4.39 Å². The average molecular weight is 448 g/mol. The van der Waals surface area contributed by atoms with Crippen molar-refractivity contribution in [1.82, 2.24) is 9.88 Å². The fraction of sp³-hybridized carbons (Fsp3) is 0.200. The zero-order valence-electron chi connectivity index (χ0n) is 17.6. The minimum atomic E-state index is -0.236. The largest absolute Gasteiger partial charge is 0.494 e. The molecule has 0 unspecified atom stereocenters. The third-order valence-corrected chi connectivity index (χ3v) is 6.31. The van der Waals surface area contributed by atoms with Gasteiger partial charge >= 0.3 is 0 Å². The van der Waals surface area contributed by atoms with Crippen LogP contribution in [0.2, 0.25) is 0 Å². The summed E-state index contributed by atoms with van der Waals surface area (Å²) in [7, 11) is 0. The van der Waals surface area contributed by atoms with Crippen LogP contribution in [0.4, 0.5) is 4.39 Å². The highest BCUT2D eigenvalue weighted by atomic mass is 32.2. The predicted molar refractivity (Wildman–Crippen MR) is 124 cm³/mol. The molecular formula is C25H22FN3O2S. The van der Waals surface area contributed by atoms with Crippen LogP contribution in [-0.2, 0) is 19.6 Å². The van der Waals surface area contributed by atoms with Crippen LogP contribution < -0.4 is 4.74 Å². The molecule has 2 aromatic heterocycles. The standard InChI is InChI=1S/C25H22FN3O2S/c1-2-30-21-9-10-23-18(13-21)12-19-16-29(15-17-5-7-20(26)8-6-17)25(32-24(19)28-23)27-14-22-4-3-11-31-22/h3-13H,2,14-16H2,1H3. The van der Waals surface area contributed by atoms with Gasteiger partial charge in [-0.05, 0) is 72.8 Å². The molecule has 0 amide bonds. The number of hydrogen-bond donors (Lipinski definition) is 0. The molecule has 1 aliphatic heterocycles. The zero-order chi connectivity index (χ0) is 21.9. The van der Waals surface area contributed by atoms with Gasteiger partial charge in [0.15, 0.2) is 5.17 Å². The molecule has 1 aliphatic rings. The van der Waals surface area contributed by atoms with E-state index >= 15 is 0 Å². The van der Waals surface area contributed by atoms with Crippen molar-refractivity contribution in [3.63, 3.8) is 0 Å². The van der Waals surface area contributed by atoms with Crippen LogP contribution in [-0.4, -0.2) is 21.7 Å². The molecule has 0 atom stereocenters. The highest BCUT2D eigenvalue weighted by Crippen LogP contribution is 2.35. The van der Waals surface area contributed by atoms with Gasteiger partial charge in [-0.1, -0.05) is 12.1 Å². The normalized spacial score (nSPS) is 14.7. The number of benzene rings is 2. The Kier molecular flexibility index (Phi) is 5.81. The summed E-state index contributed by atoms with van der Waals surface area (Å²) in [5.74, 6) is 1.41. The van der Waals surface area contributed by atoms with E-state index in [1.54, 1.807) is 18.0 Å². The van der Waals surface area contributed by atoms with Gasteiger partial charge in [0, 0.05) is 24.0 Å². The molecule has 162 valence electrons. The first kappa shape index (κ1) is 20.6. The molecule has 3 heterocycles. The Hall–Kier alpha value is -3.32. The molecule has 0 bridgehead atoms. The minimum absolute atomic E-state index is 0.236. The van der Waals surface area contributed by atoms with Crippen molar-refractivity contribution >= 4 is 27.8 Å². The lowest BCUT2D eigenvalue weighted by molar-refractivity contribution is 0.340. The number of furan rings is 1. The van der Waals surface area contributed by atoms with Crippen LogP contribution in [0.5, 0.6) is 5.75 Å². The number of amidine groups is 1. The van der Waals surface area contributed by atoms with Crippen LogP contribution >= 0.6 is 11.8 Å². The molecule has 0 aliphatic carbocycles. The van der Waals surface area contributed by atoms with E-state index in [0.29, 0.717) is 26.2 Å². The summed E-state index contributed by atoms with van der Waals surface area (Å²) in [4.78, 5) is 11.9. The SMILES string of the molecule is CCOc1ccc2nc3c(cc2c1)CN(Cc1ccc(F)cc1)C(=NCc1ccco1)S3. The van der Waals surface area contributed by atoms with Gasteiger partial charge in [-0.2, -0.15) is 0 Å². The third-order valence-electron chi connectivity index (χ3n) is 5.19. The first-order chi connectivity index (χ1) is 15.7. The fourth-order valence-electron chi connectivity index (χ4n) is 3.68. The van der Waals surface area contributed by atoms with Crippen molar-refractivity contribution in [3.8, 4) is 5.75 Å². The number of ether oxygens (including phenoxy) is 1. The molecule has 7 heteroatoms. The molecule has 32 heavy (non-hydrogen) atoms. The molecule has 4 aromatic rings. The van der Waals surface area contributed by atoms with Crippen molar-refractivity contribution in [2.45, 2.75) is 31.6 Å². The number of thioether (sulfide) groups is 1. The predicted octanol–water partition coefficient (Wildman–Crippen LogP) is 6.03. The summed E-state index contributed by atoms with van der Waals surface area (Å²) in [6.45, 7) is 4.35. The van der Waals surface area contributed by atoms with Crippen LogP contribution in [0.25, 0.3) is 10.9 Å². The maximum absolute atomic E-state index is 13.4. The molecule has 0 fully saturated rings. The van der Waals surface area contributed by atoms with Crippen molar-refractivity contribution < 1.29 is 13.5 Å². The lowest BCUT2D eigenvalue weighted by Crippen LogP contribution is -2.31. The van der Waals surface area contributed by atoms with Gasteiger partial charge in [0.2, 0.25) is 0 Å². The van der Waals surface area contributed by atoms with E-state index in [1.807, 2.05) is 49.4 Å². The van der Waals surface area contributed by atoms with Crippen LogP contribution in [0.3, 0.4) is 0 Å². The van der Waals surface area contributed by atoms with Crippen molar-refractivity contribution in [2.24, 2.45) is 4.99 Å². The molecule has 0 spiro atoms. The second kappa shape index (κ2) is 9.04. The molecule has 5 rings (SSSR count). The Balaban J connectivity index is 1.49.